The lowest BCUT2D eigenvalue weighted by Gasteiger charge is -2.34. The maximum atomic E-state index is 14.0. The van der Waals surface area contributed by atoms with E-state index in [1.54, 1.807) is 60.7 Å². The summed E-state index contributed by atoms with van der Waals surface area (Å²) in [5.41, 5.74) is 1.01. The van der Waals surface area contributed by atoms with Crippen LogP contribution in [0.15, 0.2) is 83.8 Å². The molecule has 0 spiro atoms. The van der Waals surface area contributed by atoms with Crippen molar-refractivity contribution >= 4 is 61.7 Å². The highest BCUT2D eigenvalue weighted by Gasteiger charge is 2.34. The fraction of sp³-hybridized carbons (Fsp3) is 0.310. The molecule has 0 saturated heterocycles. The molecule has 0 aliphatic rings. The number of hydrogen-bond acceptors (Lipinski definition) is 4. The van der Waals surface area contributed by atoms with Gasteiger partial charge >= 0.3 is 0 Å². The van der Waals surface area contributed by atoms with Gasteiger partial charge in [-0.05, 0) is 90.4 Å². The maximum absolute atomic E-state index is 14.0. The van der Waals surface area contributed by atoms with Crippen LogP contribution < -0.4 is 9.62 Å². The molecule has 0 radical (unpaired) electrons. The first-order chi connectivity index (χ1) is 18.6. The Hall–Kier alpha value is -2.63. The molecule has 10 heteroatoms. The molecule has 3 aromatic carbocycles. The van der Waals surface area contributed by atoms with Crippen LogP contribution in [-0.4, -0.2) is 43.8 Å². The Kier molecular flexibility index (Phi) is 11.2. The largest absolute Gasteiger partial charge is 0.352 e. The van der Waals surface area contributed by atoms with Gasteiger partial charge in [-0.2, -0.15) is 0 Å². The van der Waals surface area contributed by atoms with Crippen molar-refractivity contribution in [2.24, 2.45) is 0 Å². The topological polar surface area (TPSA) is 86.8 Å². The van der Waals surface area contributed by atoms with E-state index in [1.807, 2.05) is 26.8 Å². The maximum Gasteiger partial charge on any atom is 0.264 e. The molecule has 3 aromatic rings. The Labute approximate surface area is 249 Å². The fourth-order valence-electron chi connectivity index (χ4n) is 4.03. The number of amides is 2. The van der Waals surface area contributed by atoms with Crippen LogP contribution in [-0.2, 0) is 26.2 Å². The van der Waals surface area contributed by atoms with Gasteiger partial charge in [-0.3, -0.25) is 13.9 Å². The van der Waals surface area contributed by atoms with E-state index in [-0.39, 0.29) is 23.4 Å². The number of carbonyl (C=O) groups excluding carboxylic acids is 2. The molecule has 0 aliphatic carbocycles. The molecule has 0 aromatic heterocycles. The van der Waals surface area contributed by atoms with Crippen LogP contribution in [0.2, 0.25) is 5.02 Å². The van der Waals surface area contributed by atoms with Crippen molar-refractivity contribution in [1.82, 2.24) is 10.2 Å². The van der Waals surface area contributed by atoms with Crippen LogP contribution >= 0.6 is 34.2 Å². The van der Waals surface area contributed by atoms with Gasteiger partial charge in [0.2, 0.25) is 11.8 Å². The lowest BCUT2D eigenvalue weighted by Crippen LogP contribution is -2.53. The van der Waals surface area contributed by atoms with E-state index >= 15 is 0 Å². The van der Waals surface area contributed by atoms with E-state index in [9.17, 15) is 18.0 Å². The zero-order valence-corrected chi connectivity index (χ0v) is 25.9. The minimum atomic E-state index is -4.10. The third kappa shape index (κ3) is 7.95. The predicted octanol–water partition coefficient (Wildman–Crippen LogP) is 5.86. The lowest BCUT2D eigenvalue weighted by molar-refractivity contribution is -0.140. The van der Waals surface area contributed by atoms with E-state index in [0.29, 0.717) is 22.7 Å². The average Bonchev–Trinajstić information content (AvgIpc) is 2.93. The SMILES string of the molecule is CC[C@@H](C)NC(=O)[C@@H](CC)N(Cc1ccccc1Cl)C(=O)CN(c1ccc(I)cc1)S(=O)(=O)c1ccccc1. The Bertz CT molecular complexity index is 1370. The van der Waals surface area contributed by atoms with Crippen molar-refractivity contribution in [3.05, 3.63) is 93.0 Å². The second kappa shape index (κ2) is 14.1. The van der Waals surface area contributed by atoms with Crippen LogP contribution in [0.4, 0.5) is 5.69 Å². The first kappa shape index (κ1) is 30.9. The summed E-state index contributed by atoms with van der Waals surface area (Å²) >= 11 is 8.57. The molecule has 0 fully saturated rings. The highest BCUT2D eigenvalue weighted by Crippen LogP contribution is 2.26. The monoisotopic (exact) mass is 681 g/mol. The van der Waals surface area contributed by atoms with Crippen LogP contribution in [0.3, 0.4) is 0 Å². The molecule has 2 amide bonds. The van der Waals surface area contributed by atoms with Crippen LogP contribution in [0, 0.1) is 3.57 Å². The Balaban J connectivity index is 2.05. The minimum absolute atomic E-state index is 0.0524. The second-order valence-corrected chi connectivity index (χ2v) is 12.7. The molecule has 1 N–H and O–H groups in total. The van der Waals surface area contributed by atoms with Crippen molar-refractivity contribution < 1.29 is 18.0 Å². The molecule has 0 bridgehead atoms. The van der Waals surface area contributed by atoms with E-state index in [0.717, 1.165) is 14.3 Å². The number of hydrogen-bond donors (Lipinski definition) is 1. The van der Waals surface area contributed by atoms with Gasteiger partial charge in [0.25, 0.3) is 10.0 Å². The zero-order chi connectivity index (χ0) is 28.6. The summed E-state index contributed by atoms with van der Waals surface area (Å²) in [7, 11) is -4.10. The van der Waals surface area contributed by atoms with Crippen molar-refractivity contribution in [3.8, 4) is 0 Å². The Morgan fingerprint density at radius 2 is 1.54 bits per heavy atom. The summed E-state index contributed by atoms with van der Waals surface area (Å²) in [6, 6.07) is 21.1. The standard InChI is InChI=1S/C29H33ClIN3O4S/c1-4-21(3)32-29(36)27(5-2)33(19-22-11-9-10-14-26(22)30)28(35)20-34(24-17-15-23(31)16-18-24)39(37,38)25-12-7-6-8-13-25/h6-18,21,27H,4-5,19-20H2,1-3H3,(H,32,36)/t21-,27-/m1/s1. The lowest BCUT2D eigenvalue weighted by atomic mass is 10.1. The summed E-state index contributed by atoms with van der Waals surface area (Å²) in [4.78, 5) is 28.8. The molecule has 39 heavy (non-hydrogen) atoms. The number of anilines is 1. The molecule has 7 nitrogen and oxygen atoms in total. The van der Waals surface area contributed by atoms with Crippen LogP contribution in [0.1, 0.15) is 39.2 Å². The van der Waals surface area contributed by atoms with Crippen LogP contribution in [0.5, 0.6) is 0 Å². The predicted molar refractivity (Wildman–Crippen MR) is 164 cm³/mol. The molecule has 0 saturated carbocycles. The Morgan fingerprint density at radius 3 is 2.13 bits per heavy atom. The molecule has 0 aliphatic heterocycles. The van der Waals surface area contributed by atoms with E-state index in [4.69, 9.17) is 11.6 Å². The number of carbonyl (C=O) groups is 2. The van der Waals surface area contributed by atoms with Gasteiger partial charge < -0.3 is 10.2 Å². The van der Waals surface area contributed by atoms with Gasteiger partial charge in [0, 0.05) is 21.2 Å². The molecule has 3 rings (SSSR count). The van der Waals surface area contributed by atoms with E-state index in [1.165, 1.54) is 17.0 Å². The second-order valence-electron chi connectivity index (χ2n) is 9.16. The van der Waals surface area contributed by atoms with E-state index < -0.39 is 28.5 Å². The molecular formula is C29H33ClIN3O4S. The normalized spacial score (nSPS) is 12.8. The summed E-state index contributed by atoms with van der Waals surface area (Å²) < 4.78 is 29.6. The van der Waals surface area contributed by atoms with Crippen molar-refractivity contribution in [2.75, 3.05) is 10.8 Å². The smallest absolute Gasteiger partial charge is 0.264 e. The summed E-state index contributed by atoms with van der Waals surface area (Å²) in [5.74, 6) is -0.807. The van der Waals surface area contributed by atoms with Crippen molar-refractivity contribution in [3.63, 3.8) is 0 Å². The fourth-order valence-corrected chi connectivity index (χ4v) is 6.02. The van der Waals surface area contributed by atoms with Gasteiger partial charge in [0.15, 0.2) is 0 Å². The summed E-state index contributed by atoms with van der Waals surface area (Å²) in [6.07, 6.45) is 1.07. The van der Waals surface area contributed by atoms with Gasteiger partial charge in [-0.15, -0.1) is 0 Å². The minimum Gasteiger partial charge on any atom is -0.352 e. The molecule has 208 valence electrons. The van der Waals surface area contributed by atoms with E-state index in [2.05, 4.69) is 27.9 Å². The molecule has 2 atom stereocenters. The quantitative estimate of drug-likeness (QED) is 0.243. The molecule has 0 unspecified atom stereocenters. The van der Waals surface area contributed by atoms with Gasteiger partial charge in [-0.1, -0.05) is 61.8 Å². The molecule has 0 heterocycles. The number of nitrogens with zero attached hydrogens (tertiary/aromatic N) is 2. The van der Waals surface area contributed by atoms with Gasteiger partial charge in [-0.25, -0.2) is 8.42 Å². The Morgan fingerprint density at radius 1 is 0.923 bits per heavy atom. The third-order valence-electron chi connectivity index (χ3n) is 6.41. The average molecular weight is 682 g/mol. The number of halogens is 2. The zero-order valence-electron chi connectivity index (χ0n) is 22.2. The highest BCUT2D eigenvalue weighted by atomic mass is 127. The first-order valence-corrected chi connectivity index (χ1v) is 15.6. The number of nitrogens with one attached hydrogen (secondary N) is 1. The molecular weight excluding hydrogens is 649 g/mol. The van der Waals surface area contributed by atoms with Crippen molar-refractivity contribution in [2.45, 2.75) is 57.1 Å². The van der Waals surface area contributed by atoms with Crippen molar-refractivity contribution in [1.29, 1.82) is 0 Å². The first-order valence-electron chi connectivity index (χ1n) is 12.7. The van der Waals surface area contributed by atoms with Gasteiger partial charge in [0.1, 0.15) is 12.6 Å². The number of rotatable bonds is 12. The van der Waals surface area contributed by atoms with Crippen LogP contribution in [0.25, 0.3) is 0 Å². The highest BCUT2D eigenvalue weighted by molar-refractivity contribution is 14.1. The number of benzene rings is 3. The van der Waals surface area contributed by atoms with Gasteiger partial charge in [0.05, 0.1) is 10.6 Å². The third-order valence-corrected chi connectivity index (χ3v) is 9.29. The number of sulfonamides is 1. The summed E-state index contributed by atoms with van der Waals surface area (Å²) in [6.45, 7) is 5.25. The summed E-state index contributed by atoms with van der Waals surface area (Å²) in [5, 5.41) is 3.42.